The summed E-state index contributed by atoms with van der Waals surface area (Å²) in [4.78, 5) is 13.0. The Morgan fingerprint density at radius 1 is 1.27 bits per heavy atom. The first-order valence-corrected chi connectivity index (χ1v) is 9.85. The molecule has 120 valence electrons. The van der Waals surface area contributed by atoms with Gasteiger partial charge in [0.05, 0.1) is 15.8 Å². The molecule has 0 radical (unpaired) electrons. The lowest BCUT2D eigenvalue weighted by atomic mass is 10.1. The average molecular weight is 340 g/mol. The summed E-state index contributed by atoms with van der Waals surface area (Å²) in [7, 11) is -3.50. The van der Waals surface area contributed by atoms with E-state index in [4.69, 9.17) is 0 Å². The van der Waals surface area contributed by atoms with Gasteiger partial charge in [-0.2, -0.15) is 4.31 Å². The summed E-state index contributed by atoms with van der Waals surface area (Å²) in [5.74, 6) is -0.0848. The molecule has 22 heavy (non-hydrogen) atoms. The molecule has 2 heterocycles. The number of piperidine rings is 1. The number of sulfonamides is 1. The van der Waals surface area contributed by atoms with Crippen LogP contribution in [0.4, 0.5) is 5.69 Å². The van der Waals surface area contributed by atoms with Crippen molar-refractivity contribution in [3.8, 4) is 0 Å². The molecule has 0 spiro atoms. The monoisotopic (exact) mass is 340 g/mol. The van der Waals surface area contributed by atoms with Crippen LogP contribution in [0.1, 0.15) is 33.1 Å². The van der Waals surface area contributed by atoms with Crippen LogP contribution in [0.2, 0.25) is 0 Å². The molecule has 7 heteroatoms. The van der Waals surface area contributed by atoms with Crippen molar-refractivity contribution in [1.29, 1.82) is 0 Å². The van der Waals surface area contributed by atoms with Crippen LogP contribution in [0.15, 0.2) is 28.0 Å². The zero-order valence-electron chi connectivity index (χ0n) is 12.7. The van der Waals surface area contributed by atoms with E-state index in [1.54, 1.807) is 22.5 Å². The topological polar surface area (TPSA) is 66.5 Å². The molecule has 0 saturated carbocycles. The quantitative estimate of drug-likeness (QED) is 0.899. The number of amides is 1. The summed E-state index contributed by atoms with van der Waals surface area (Å²) in [6, 6.07) is 5.05. The van der Waals surface area contributed by atoms with Crippen LogP contribution in [-0.2, 0) is 14.8 Å². The summed E-state index contributed by atoms with van der Waals surface area (Å²) in [6.07, 6.45) is 2.87. The first-order chi connectivity index (χ1) is 10.4. The van der Waals surface area contributed by atoms with Gasteiger partial charge in [-0.25, -0.2) is 8.42 Å². The van der Waals surface area contributed by atoms with E-state index in [0.29, 0.717) is 12.2 Å². The van der Waals surface area contributed by atoms with Crippen LogP contribution in [0, 0.1) is 0 Å². The van der Waals surface area contributed by atoms with E-state index < -0.39 is 10.0 Å². The Labute approximate surface area is 135 Å². The highest BCUT2D eigenvalue weighted by molar-refractivity contribution is 8.01. The van der Waals surface area contributed by atoms with Crippen LogP contribution in [0.25, 0.3) is 0 Å². The summed E-state index contributed by atoms with van der Waals surface area (Å²) in [5, 5.41) is 2.64. The van der Waals surface area contributed by atoms with Gasteiger partial charge in [0.25, 0.3) is 0 Å². The molecular formula is C15H20N2O3S2. The van der Waals surface area contributed by atoms with E-state index in [1.165, 1.54) is 11.8 Å². The number of carbonyl (C=O) groups excluding carboxylic acids is 1. The van der Waals surface area contributed by atoms with Crippen LogP contribution in [-0.4, -0.2) is 36.5 Å². The summed E-state index contributed by atoms with van der Waals surface area (Å²) in [5.41, 5.74) is 0.596. The van der Waals surface area contributed by atoms with E-state index in [0.717, 1.165) is 24.2 Å². The van der Waals surface area contributed by atoms with E-state index in [-0.39, 0.29) is 22.1 Å². The molecule has 1 aromatic carbocycles. The standard InChI is InChI=1S/C15H20N2O3S2/c1-10-5-3-4-8-17(10)22(19,20)12-6-7-14-13(9-12)16-15(18)11(2)21-14/h6-7,9-11H,3-5,8H2,1-2H3,(H,16,18)/t10-,11+/m1/s1. The maximum absolute atomic E-state index is 12.8. The van der Waals surface area contributed by atoms with E-state index in [1.807, 2.05) is 13.8 Å². The van der Waals surface area contributed by atoms with Crippen LogP contribution < -0.4 is 5.32 Å². The van der Waals surface area contributed by atoms with Crippen molar-refractivity contribution in [3.63, 3.8) is 0 Å². The fraction of sp³-hybridized carbons (Fsp3) is 0.533. The Hall–Kier alpha value is -1.05. The predicted molar refractivity (Wildman–Crippen MR) is 87.6 cm³/mol. The Kier molecular flexibility index (Phi) is 4.22. The largest absolute Gasteiger partial charge is 0.324 e. The van der Waals surface area contributed by atoms with Crippen molar-refractivity contribution in [3.05, 3.63) is 18.2 Å². The number of nitrogens with one attached hydrogen (secondary N) is 1. The van der Waals surface area contributed by atoms with E-state index >= 15 is 0 Å². The number of hydrogen-bond donors (Lipinski definition) is 1. The van der Waals surface area contributed by atoms with Gasteiger partial charge in [0, 0.05) is 17.5 Å². The van der Waals surface area contributed by atoms with Gasteiger partial charge in [-0.05, 0) is 44.9 Å². The Morgan fingerprint density at radius 2 is 2.05 bits per heavy atom. The second-order valence-corrected chi connectivity index (χ2v) is 9.14. The number of thioether (sulfide) groups is 1. The summed E-state index contributed by atoms with van der Waals surface area (Å²) >= 11 is 1.45. The highest BCUT2D eigenvalue weighted by Gasteiger charge is 2.32. The Bertz CT molecular complexity index is 703. The third-order valence-corrected chi connectivity index (χ3v) is 7.42. The van der Waals surface area contributed by atoms with Crippen LogP contribution >= 0.6 is 11.8 Å². The zero-order valence-corrected chi connectivity index (χ0v) is 14.3. The highest BCUT2D eigenvalue weighted by Crippen LogP contribution is 2.37. The third kappa shape index (κ3) is 2.77. The molecule has 2 aliphatic heterocycles. The average Bonchev–Trinajstić information content (AvgIpc) is 2.48. The van der Waals surface area contributed by atoms with Gasteiger partial charge >= 0.3 is 0 Å². The smallest absolute Gasteiger partial charge is 0.243 e. The first kappa shape index (κ1) is 15.8. The molecule has 0 aliphatic carbocycles. The van der Waals surface area contributed by atoms with Gasteiger partial charge in [0.2, 0.25) is 15.9 Å². The second kappa shape index (κ2) is 5.86. The van der Waals surface area contributed by atoms with Gasteiger partial charge in [0.1, 0.15) is 0 Å². The van der Waals surface area contributed by atoms with Gasteiger partial charge in [-0.3, -0.25) is 4.79 Å². The molecule has 1 fully saturated rings. The van der Waals surface area contributed by atoms with Crippen molar-refractivity contribution in [2.45, 2.75) is 54.2 Å². The molecule has 1 N–H and O–H groups in total. The van der Waals surface area contributed by atoms with E-state index in [9.17, 15) is 13.2 Å². The minimum atomic E-state index is -3.50. The fourth-order valence-electron chi connectivity index (χ4n) is 2.91. The third-order valence-electron chi connectivity index (χ3n) is 4.23. The number of rotatable bonds is 2. The molecule has 1 amide bonds. The number of fused-ring (bicyclic) bond motifs is 1. The number of carbonyl (C=O) groups is 1. The molecule has 0 bridgehead atoms. The lowest BCUT2D eigenvalue weighted by Crippen LogP contribution is -2.42. The number of hydrogen-bond acceptors (Lipinski definition) is 4. The summed E-state index contributed by atoms with van der Waals surface area (Å²) in [6.45, 7) is 4.36. The maximum atomic E-state index is 12.8. The SMILES string of the molecule is C[C@@H]1Sc2ccc(S(=O)(=O)N3CCCC[C@H]3C)cc2NC1=O. The number of anilines is 1. The maximum Gasteiger partial charge on any atom is 0.243 e. The van der Waals surface area contributed by atoms with Gasteiger partial charge in [-0.15, -0.1) is 11.8 Å². The lowest BCUT2D eigenvalue weighted by molar-refractivity contribution is -0.115. The first-order valence-electron chi connectivity index (χ1n) is 7.53. The van der Waals surface area contributed by atoms with Crippen LogP contribution in [0.3, 0.4) is 0 Å². The second-order valence-electron chi connectivity index (χ2n) is 5.87. The molecular weight excluding hydrogens is 320 g/mol. The number of nitrogens with zero attached hydrogens (tertiary/aromatic N) is 1. The zero-order chi connectivity index (χ0) is 15.9. The van der Waals surface area contributed by atoms with Crippen LogP contribution in [0.5, 0.6) is 0 Å². The molecule has 3 rings (SSSR count). The van der Waals surface area contributed by atoms with Gasteiger partial charge in [-0.1, -0.05) is 6.42 Å². The molecule has 0 unspecified atom stereocenters. The molecule has 2 atom stereocenters. The minimum Gasteiger partial charge on any atom is -0.324 e. The van der Waals surface area contributed by atoms with Gasteiger partial charge in [0.15, 0.2) is 0 Å². The Morgan fingerprint density at radius 3 is 2.77 bits per heavy atom. The lowest BCUT2D eigenvalue weighted by Gasteiger charge is -2.32. The minimum absolute atomic E-state index is 0.0266. The van der Waals surface area contributed by atoms with Crippen molar-refractivity contribution >= 4 is 33.4 Å². The van der Waals surface area contributed by atoms with Gasteiger partial charge < -0.3 is 5.32 Å². The normalized spacial score (nSPS) is 26.4. The number of benzene rings is 1. The highest BCUT2D eigenvalue weighted by atomic mass is 32.2. The summed E-state index contributed by atoms with van der Waals surface area (Å²) < 4.78 is 27.3. The van der Waals surface area contributed by atoms with Crippen molar-refractivity contribution < 1.29 is 13.2 Å². The molecule has 1 aromatic rings. The molecule has 0 aromatic heterocycles. The van der Waals surface area contributed by atoms with Crippen molar-refractivity contribution in [2.24, 2.45) is 0 Å². The van der Waals surface area contributed by atoms with Crippen molar-refractivity contribution in [2.75, 3.05) is 11.9 Å². The fourth-order valence-corrected chi connectivity index (χ4v) is 5.57. The molecule has 1 saturated heterocycles. The molecule has 2 aliphatic rings. The Balaban J connectivity index is 1.95. The predicted octanol–water partition coefficient (Wildman–Crippen LogP) is 2.68. The van der Waals surface area contributed by atoms with Crippen molar-refractivity contribution in [1.82, 2.24) is 4.31 Å². The molecule has 5 nitrogen and oxygen atoms in total. The van der Waals surface area contributed by atoms with E-state index in [2.05, 4.69) is 5.32 Å².